The summed E-state index contributed by atoms with van der Waals surface area (Å²) in [6.45, 7) is 5.15. The number of benzene rings is 2. The molecule has 0 saturated carbocycles. The smallest absolute Gasteiger partial charge is 0.279 e. The highest BCUT2D eigenvalue weighted by molar-refractivity contribution is 9.10. The van der Waals surface area contributed by atoms with Gasteiger partial charge in [0.05, 0.1) is 0 Å². The fourth-order valence-electron chi connectivity index (χ4n) is 2.26. The van der Waals surface area contributed by atoms with E-state index < -0.39 is 17.9 Å². The first-order chi connectivity index (χ1) is 12.8. The summed E-state index contributed by atoms with van der Waals surface area (Å²) in [5.41, 5.74) is 6.43. The van der Waals surface area contributed by atoms with Gasteiger partial charge >= 0.3 is 0 Å². The number of hydrogen-bond donors (Lipinski definition) is 2. The fraction of sp³-hybridized carbons (Fsp3) is 0.263. The summed E-state index contributed by atoms with van der Waals surface area (Å²) in [6.07, 6.45) is -0.791. The van der Waals surface area contributed by atoms with Gasteiger partial charge < -0.3 is 9.47 Å². The molecule has 0 aliphatic heterocycles. The van der Waals surface area contributed by atoms with Crippen LogP contribution < -0.4 is 20.3 Å². The summed E-state index contributed by atoms with van der Waals surface area (Å²) in [7, 11) is 0. The summed E-state index contributed by atoms with van der Waals surface area (Å²) in [6, 6.07) is 10.4. The highest BCUT2D eigenvalue weighted by atomic mass is 79.9. The first kappa shape index (κ1) is 21.1. The van der Waals surface area contributed by atoms with Crippen molar-refractivity contribution in [3.8, 4) is 11.5 Å². The molecule has 2 N–H and O–H groups in total. The van der Waals surface area contributed by atoms with E-state index >= 15 is 0 Å². The van der Waals surface area contributed by atoms with E-state index in [0.29, 0.717) is 16.5 Å². The van der Waals surface area contributed by atoms with E-state index in [1.807, 2.05) is 26.0 Å². The van der Waals surface area contributed by atoms with Crippen LogP contribution in [0.1, 0.15) is 18.1 Å². The summed E-state index contributed by atoms with van der Waals surface area (Å²) in [5.74, 6) is 0.162. The number of rotatable bonds is 6. The summed E-state index contributed by atoms with van der Waals surface area (Å²) in [4.78, 5) is 23.9. The number of aryl methyl sites for hydroxylation is 2. The van der Waals surface area contributed by atoms with Crippen molar-refractivity contribution in [1.29, 1.82) is 0 Å². The van der Waals surface area contributed by atoms with Crippen LogP contribution in [0, 0.1) is 13.8 Å². The van der Waals surface area contributed by atoms with Crippen molar-refractivity contribution in [2.75, 3.05) is 6.61 Å². The van der Waals surface area contributed by atoms with Gasteiger partial charge in [-0.15, -0.1) is 0 Å². The minimum Gasteiger partial charge on any atom is -0.484 e. The molecule has 2 aromatic carbocycles. The minimum absolute atomic E-state index is 0.248. The molecule has 0 bridgehead atoms. The van der Waals surface area contributed by atoms with E-state index in [9.17, 15) is 9.59 Å². The lowest BCUT2D eigenvalue weighted by Gasteiger charge is -2.18. The second kappa shape index (κ2) is 9.62. The molecule has 1 atom stereocenters. The Balaban J connectivity index is 1.80. The molecule has 1 unspecified atom stereocenters. The van der Waals surface area contributed by atoms with Crippen molar-refractivity contribution in [3.63, 3.8) is 0 Å². The van der Waals surface area contributed by atoms with Crippen LogP contribution >= 0.6 is 27.5 Å². The molecular weight excluding hydrogens is 436 g/mol. The molecule has 0 fully saturated rings. The SMILES string of the molecule is Cc1cc(Br)cc(C)c1OC(C)C(=O)NNC(=O)COc1ccc(Cl)cc1. The van der Waals surface area contributed by atoms with E-state index in [-0.39, 0.29) is 6.61 Å². The van der Waals surface area contributed by atoms with Gasteiger partial charge in [-0.3, -0.25) is 20.4 Å². The lowest BCUT2D eigenvalue weighted by molar-refractivity contribution is -0.133. The van der Waals surface area contributed by atoms with Crippen LogP contribution in [0.2, 0.25) is 5.02 Å². The third-order valence-corrected chi connectivity index (χ3v) is 4.31. The van der Waals surface area contributed by atoms with Gasteiger partial charge in [-0.1, -0.05) is 27.5 Å². The van der Waals surface area contributed by atoms with Crippen LogP contribution in [0.3, 0.4) is 0 Å². The number of amides is 2. The van der Waals surface area contributed by atoms with Crippen molar-refractivity contribution in [2.45, 2.75) is 26.9 Å². The number of carbonyl (C=O) groups excluding carboxylic acids is 2. The van der Waals surface area contributed by atoms with Crippen LogP contribution in [0.15, 0.2) is 40.9 Å². The number of hydrogen-bond acceptors (Lipinski definition) is 4. The van der Waals surface area contributed by atoms with Gasteiger partial charge in [0, 0.05) is 9.50 Å². The second-order valence-electron chi connectivity index (χ2n) is 5.91. The highest BCUT2D eigenvalue weighted by Gasteiger charge is 2.18. The first-order valence-electron chi connectivity index (χ1n) is 8.16. The van der Waals surface area contributed by atoms with Gasteiger partial charge in [0.25, 0.3) is 11.8 Å². The maximum Gasteiger partial charge on any atom is 0.279 e. The van der Waals surface area contributed by atoms with Crippen molar-refractivity contribution in [1.82, 2.24) is 10.9 Å². The third kappa shape index (κ3) is 6.45. The quantitative estimate of drug-likeness (QED) is 0.651. The molecule has 6 nitrogen and oxygen atoms in total. The molecule has 0 radical (unpaired) electrons. The Hall–Kier alpha value is -2.25. The third-order valence-electron chi connectivity index (χ3n) is 3.60. The average molecular weight is 456 g/mol. The molecular formula is C19H20BrClN2O4. The van der Waals surface area contributed by atoms with Crippen LogP contribution in [0.25, 0.3) is 0 Å². The van der Waals surface area contributed by atoms with Gasteiger partial charge in [-0.05, 0) is 68.3 Å². The Kier molecular flexibility index (Phi) is 7.50. The lowest BCUT2D eigenvalue weighted by Crippen LogP contribution is -2.48. The topological polar surface area (TPSA) is 76.7 Å². The molecule has 2 aromatic rings. The number of halogens is 2. The molecule has 2 amide bonds. The number of ether oxygens (including phenoxy) is 2. The molecule has 0 spiro atoms. The van der Waals surface area contributed by atoms with Crippen LogP contribution in [-0.4, -0.2) is 24.5 Å². The van der Waals surface area contributed by atoms with E-state index in [4.69, 9.17) is 21.1 Å². The summed E-state index contributed by atoms with van der Waals surface area (Å²) < 4.78 is 12.0. The molecule has 0 aliphatic carbocycles. The van der Waals surface area contributed by atoms with E-state index in [0.717, 1.165) is 15.6 Å². The second-order valence-corrected chi connectivity index (χ2v) is 7.26. The monoisotopic (exact) mass is 454 g/mol. The van der Waals surface area contributed by atoms with Crippen molar-refractivity contribution in [2.24, 2.45) is 0 Å². The number of nitrogens with one attached hydrogen (secondary N) is 2. The standard InChI is InChI=1S/C19H20BrClN2O4/c1-11-8-14(20)9-12(2)18(11)27-13(3)19(25)23-22-17(24)10-26-16-6-4-15(21)5-7-16/h4-9,13H,10H2,1-3H3,(H,22,24)(H,23,25). The molecule has 0 aromatic heterocycles. The van der Waals surface area contributed by atoms with Crippen molar-refractivity contribution >= 4 is 39.3 Å². The fourth-order valence-corrected chi connectivity index (χ4v) is 3.08. The molecule has 2 rings (SSSR count). The van der Waals surface area contributed by atoms with E-state index in [1.165, 1.54) is 0 Å². The first-order valence-corrected chi connectivity index (χ1v) is 9.34. The predicted molar refractivity (Wildman–Crippen MR) is 107 cm³/mol. The largest absolute Gasteiger partial charge is 0.484 e. The predicted octanol–water partition coefficient (Wildman–Crippen LogP) is 3.71. The Bertz CT molecular complexity index is 804. The molecule has 8 heteroatoms. The van der Waals surface area contributed by atoms with Gasteiger partial charge in [0.2, 0.25) is 0 Å². The van der Waals surface area contributed by atoms with Gasteiger partial charge in [0.15, 0.2) is 12.7 Å². The number of carbonyl (C=O) groups is 2. The molecule has 0 aliphatic rings. The number of hydrazine groups is 1. The Morgan fingerprint density at radius 3 is 2.30 bits per heavy atom. The van der Waals surface area contributed by atoms with Crippen molar-refractivity contribution < 1.29 is 19.1 Å². The van der Waals surface area contributed by atoms with Crippen LogP contribution in [0.4, 0.5) is 0 Å². The Morgan fingerprint density at radius 2 is 1.70 bits per heavy atom. The Labute approximate surface area is 171 Å². The summed E-state index contributed by atoms with van der Waals surface area (Å²) in [5, 5.41) is 0.573. The molecule has 0 saturated heterocycles. The normalized spacial score (nSPS) is 11.4. The summed E-state index contributed by atoms with van der Waals surface area (Å²) >= 11 is 9.19. The molecule has 27 heavy (non-hydrogen) atoms. The van der Waals surface area contributed by atoms with Crippen LogP contribution in [0.5, 0.6) is 11.5 Å². The average Bonchev–Trinajstić information content (AvgIpc) is 2.61. The maximum absolute atomic E-state index is 12.1. The van der Waals surface area contributed by atoms with Crippen molar-refractivity contribution in [3.05, 3.63) is 57.0 Å². The zero-order chi connectivity index (χ0) is 20.0. The van der Waals surface area contributed by atoms with Crippen LogP contribution in [-0.2, 0) is 9.59 Å². The van der Waals surface area contributed by atoms with Gasteiger partial charge in [0.1, 0.15) is 11.5 Å². The van der Waals surface area contributed by atoms with Gasteiger partial charge in [-0.25, -0.2) is 0 Å². The zero-order valence-electron chi connectivity index (χ0n) is 15.1. The molecule has 0 heterocycles. The highest BCUT2D eigenvalue weighted by Crippen LogP contribution is 2.28. The van der Waals surface area contributed by atoms with E-state index in [2.05, 4.69) is 26.8 Å². The lowest BCUT2D eigenvalue weighted by atomic mass is 10.1. The van der Waals surface area contributed by atoms with E-state index in [1.54, 1.807) is 31.2 Å². The maximum atomic E-state index is 12.1. The Morgan fingerprint density at radius 1 is 1.11 bits per heavy atom. The zero-order valence-corrected chi connectivity index (χ0v) is 17.5. The van der Waals surface area contributed by atoms with Gasteiger partial charge in [-0.2, -0.15) is 0 Å². The molecule has 144 valence electrons. The minimum atomic E-state index is -0.791.